The predicted molar refractivity (Wildman–Crippen MR) is 52.4 cm³/mol. The molecule has 0 aromatic carbocycles. The maximum Gasteiger partial charge on any atom is 0.0603 e. The minimum absolute atomic E-state index is 0.130. The van der Waals surface area contributed by atoms with E-state index in [4.69, 9.17) is 14.2 Å². The van der Waals surface area contributed by atoms with Crippen molar-refractivity contribution in [2.24, 2.45) is 5.14 Å². The summed E-state index contributed by atoms with van der Waals surface area (Å²) in [5, 5.41) is 5.06. The van der Waals surface area contributed by atoms with Gasteiger partial charge in [0.15, 0.2) is 0 Å². The zero-order valence-corrected chi connectivity index (χ0v) is 8.16. The second-order valence-electron chi connectivity index (χ2n) is 2.82. The molecule has 0 amide bonds. The summed E-state index contributed by atoms with van der Waals surface area (Å²) >= 11 is 0. The van der Waals surface area contributed by atoms with E-state index < -0.39 is 10.8 Å². The fourth-order valence-electron chi connectivity index (χ4n) is 0.803. The standard InChI is InChI=1S/C7H13N3O2S/c1-6-4-10-7(5-9-6)2-3-13(8,11)12/h4-5,11-12H,2-3,8H2,1H3. The quantitative estimate of drug-likeness (QED) is 0.680. The van der Waals surface area contributed by atoms with E-state index in [0.717, 1.165) is 11.4 Å². The van der Waals surface area contributed by atoms with Gasteiger partial charge in [0.05, 0.1) is 17.1 Å². The molecule has 0 saturated carbocycles. The van der Waals surface area contributed by atoms with E-state index in [-0.39, 0.29) is 5.75 Å². The number of aryl methyl sites for hydroxylation is 2. The van der Waals surface area contributed by atoms with E-state index in [2.05, 4.69) is 9.97 Å². The van der Waals surface area contributed by atoms with Crippen LogP contribution in [0.1, 0.15) is 11.4 Å². The summed E-state index contributed by atoms with van der Waals surface area (Å²) in [6, 6.07) is 0. The molecule has 1 rings (SSSR count). The summed E-state index contributed by atoms with van der Waals surface area (Å²) in [7, 11) is -2.90. The molecular weight excluding hydrogens is 190 g/mol. The summed E-state index contributed by atoms with van der Waals surface area (Å²) < 4.78 is 17.8. The summed E-state index contributed by atoms with van der Waals surface area (Å²) in [5.74, 6) is 0.130. The molecular formula is C7H13N3O2S. The van der Waals surface area contributed by atoms with E-state index in [1.165, 1.54) is 0 Å². The topological polar surface area (TPSA) is 92.3 Å². The highest BCUT2D eigenvalue weighted by Crippen LogP contribution is 2.27. The van der Waals surface area contributed by atoms with Gasteiger partial charge in [-0.3, -0.25) is 19.1 Å². The lowest BCUT2D eigenvalue weighted by atomic mass is 10.3. The number of aromatic nitrogens is 2. The number of hydrogen-bond acceptors (Lipinski definition) is 5. The van der Waals surface area contributed by atoms with Crippen LogP contribution >= 0.6 is 10.8 Å². The molecule has 1 aromatic heterocycles. The molecule has 0 radical (unpaired) electrons. The highest BCUT2D eigenvalue weighted by molar-refractivity contribution is 8.22. The highest BCUT2D eigenvalue weighted by Gasteiger charge is 2.05. The van der Waals surface area contributed by atoms with Crippen LogP contribution in [0.4, 0.5) is 0 Å². The third-order valence-corrected chi connectivity index (χ3v) is 2.30. The minimum atomic E-state index is -2.90. The second-order valence-corrected chi connectivity index (χ2v) is 4.66. The van der Waals surface area contributed by atoms with Gasteiger partial charge in [0, 0.05) is 18.8 Å². The maximum absolute atomic E-state index is 8.90. The summed E-state index contributed by atoms with van der Waals surface area (Å²) in [6.07, 6.45) is 3.68. The molecule has 0 saturated heterocycles. The Labute approximate surface area is 78.5 Å². The molecule has 4 N–H and O–H groups in total. The molecule has 13 heavy (non-hydrogen) atoms. The minimum Gasteiger partial charge on any atom is -0.286 e. The Morgan fingerprint density at radius 2 is 2.08 bits per heavy atom. The van der Waals surface area contributed by atoms with Gasteiger partial charge in [-0.2, -0.15) is 0 Å². The van der Waals surface area contributed by atoms with Crippen molar-refractivity contribution in [1.29, 1.82) is 0 Å². The fraction of sp³-hybridized carbons (Fsp3) is 0.429. The molecule has 0 fully saturated rings. The highest BCUT2D eigenvalue weighted by atomic mass is 32.3. The fourth-order valence-corrected chi connectivity index (χ4v) is 1.31. The third kappa shape index (κ3) is 4.18. The number of nitrogens with two attached hydrogens (primary N) is 1. The van der Waals surface area contributed by atoms with Crippen LogP contribution in [0.25, 0.3) is 0 Å². The molecule has 6 heteroatoms. The van der Waals surface area contributed by atoms with Crippen molar-refractivity contribution < 1.29 is 9.11 Å². The Hall–Kier alpha value is -0.690. The van der Waals surface area contributed by atoms with Crippen LogP contribution in [-0.4, -0.2) is 24.8 Å². The van der Waals surface area contributed by atoms with Gasteiger partial charge in [-0.25, -0.2) is 5.14 Å². The summed E-state index contributed by atoms with van der Waals surface area (Å²) in [4.78, 5) is 8.08. The van der Waals surface area contributed by atoms with Crippen molar-refractivity contribution in [3.05, 3.63) is 23.8 Å². The molecule has 1 aromatic rings. The average Bonchev–Trinajstić information content (AvgIpc) is 2.02. The van der Waals surface area contributed by atoms with Gasteiger partial charge in [-0.1, -0.05) is 0 Å². The first kappa shape index (κ1) is 10.4. The first-order valence-corrected chi connectivity index (χ1v) is 5.56. The summed E-state index contributed by atoms with van der Waals surface area (Å²) in [6.45, 7) is 1.84. The lowest BCUT2D eigenvalue weighted by molar-refractivity contribution is 0.488. The second kappa shape index (κ2) is 4.01. The zero-order chi connectivity index (χ0) is 9.90. The van der Waals surface area contributed by atoms with Gasteiger partial charge in [-0.05, 0) is 6.92 Å². The normalized spacial score (nSPS) is 12.9. The molecule has 0 aliphatic heterocycles. The van der Waals surface area contributed by atoms with Gasteiger partial charge in [-0.15, -0.1) is 10.8 Å². The number of rotatable bonds is 3. The molecule has 0 bridgehead atoms. The van der Waals surface area contributed by atoms with Crippen molar-refractivity contribution in [3.8, 4) is 0 Å². The third-order valence-electron chi connectivity index (χ3n) is 1.49. The molecule has 5 nitrogen and oxygen atoms in total. The molecule has 0 unspecified atom stereocenters. The molecule has 74 valence electrons. The van der Waals surface area contributed by atoms with Crippen molar-refractivity contribution in [1.82, 2.24) is 9.97 Å². The lowest BCUT2D eigenvalue weighted by Crippen LogP contribution is -2.14. The van der Waals surface area contributed by atoms with Crippen molar-refractivity contribution >= 4 is 10.8 Å². The molecule has 1 heterocycles. The molecule has 0 spiro atoms. The van der Waals surface area contributed by atoms with Gasteiger partial charge in [0.2, 0.25) is 0 Å². The smallest absolute Gasteiger partial charge is 0.0603 e. The van der Waals surface area contributed by atoms with Crippen LogP contribution < -0.4 is 5.14 Å². The van der Waals surface area contributed by atoms with Crippen LogP contribution in [-0.2, 0) is 6.42 Å². The van der Waals surface area contributed by atoms with E-state index in [1.54, 1.807) is 12.4 Å². The van der Waals surface area contributed by atoms with Crippen molar-refractivity contribution in [3.63, 3.8) is 0 Å². The Kier molecular flexibility index (Phi) is 3.21. The predicted octanol–water partition coefficient (Wildman–Crippen LogP) is 0.952. The number of hydrogen-bond donors (Lipinski definition) is 3. The number of nitrogens with zero attached hydrogens (tertiary/aromatic N) is 2. The van der Waals surface area contributed by atoms with E-state index >= 15 is 0 Å². The van der Waals surface area contributed by atoms with Crippen LogP contribution in [0, 0.1) is 6.92 Å². The van der Waals surface area contributed by atoms with E-state index in [9.17, 15) is 0 Å². The van der Waals surface area contributed by atoms with E-state index in [1.807, 2.05) is 6.92 Å². The Bertz CT molecular complexity index is 270. The van der Waals surface area contributed by atoms with Crippen LogP contribution in [0.2, 0.25) is 0 Å². The first-order chi connectivity index (χ1) is 5.97. The van der Waals surface area contributed by atoms with Gasteiger partial charge >= 0.3 is 0 Å². The Balaban J connectivity index is 2.51. The zero-order valence-electron chi connectivity index (χ0n) is 7.34. The molecule has 0 aliphatic rings. The molecule has 0 atom stereocenters. The first-order valence-electron chi connectivity index (χ1n) is 3.78. The van der Waals surface area contributed by atoms with Gasteiger partial charge in [0.1, 0.15) is 0 Å². The Morgan fingerprint density at radius 1 is 1.38 bits per heavy atom. The summed E-state index contributed by atoms with van der Waals surface area (Å²) in [5.41, 5.74) is 1.55. The van der Waals surface area contributed by atoms with Crippen molar-refractivity contribution in [2.75, 3.05) is 5.75 Å². The van der Waals surface area contributed by atoms with Crippen LogP contribution in [0.3, 0.4) is 0 Å². The van der Waals surface area contributed by atoms with Gasteiger partial charge < -0.3 is 0 Å². The largest absolute Gasteiger partial charge is 0.286 e. The average molecular weight is 203 g/mol. The SMILES string of the molecule is Cc1cnc(CCS(N)(O)O)cn1. The van der Waals surface area contributed by atoms with E-state index in [0.29, 0.717) is 6.42 Å². The van der Waals surface area contributed by atoms with Crippen LogP contribution in [0.5, 0.6) is 0 Å². The van der Waals surface area contributed by atoms with Crippen molar-refractivity contribution in [2.45, 2.75) is 13.3 Å². The molecule has 0 aliphatic carbocycles. The lowest BCUT2D eigenvalue weighted by Gasteiger charge is -2.25. The Morgan fingerprint density at radius 3 is 2.54 bits per heavy atom. The monoisotopic (exact) mass is 203 g/mol. The maximum atomic E-state index is 8.90. The van der Waals surface area contributed by atoms with Crippen LogP contribution in [0.15, 0.2) is 12.4 Å². The van der Waals surface area contributed by atoms with Gasteiger partial charge in [0.25, 0.3) is 0 Å².